The van der Waals surface area contributed by atoms with E-state index in [9.17, 15) is 4.79 Å². The quantitative estimate of drug-likeness (QED) is 0.847. The van der Waals surface area contributed by atoms with Crippen LogP contribution >= 0.6 is 11.8 Å². The highest BCUT2D eigenvalue weighted by molar-refractivity contribution is 7.99. The van der Waals surface area contributed by atoms with Crippen LogP contribution in [-0.2, 0) is 6.54 Å². The predicted molar refractivity (Wildman–Crippen MR) is 104 cm³/mol. The van der Waals surface area contributed by atoms with Gasteiger partial charge in [0.1, 0.15) is 5.03 Å². The highest BCUT2D eigenvalue weighted by atomic mass is 32.2. The number of benzene rings is 1. The van der Waals surface area contributed by atoms with E-state index >= 15 is 0 Å². The van der Waals surface area contributed by atoms with E-state index < -0.39 is 0 Å². The van der Waals surface area contributed by atoms with Crippen molar-refractivity contribution in [1.29, 1.82) is 0 Å². The van der Waals surface area contributed by atoms with E-state index in [0.717, 1.165) is 16.3 Å². The summed E-state index contributed by atoms with van der Waals surface area (Å²) >= 11 is 1.76. The Bertz CT molecular complexity index is 726. The van der Waals surface area contributed by atoms with Crippen LogP contribution in [0.3, 0.4) is 0 Å². The molecule has 1 heterocycles. The first kappa shape index (κ1) is 17.8. The molecule has 1 amide bonds. The van der Waals surface area contributed by atoms with Gasteiger partial charge in [0.25, 0.3) is 5.91 Å². The summed E-state index contributed by atoms with van der Waals surface area (Å²) in [6.07, 6.45) is 6.79. The van der Waals surface area contributed by atoms with E-state index in [2.05, 4.69) is 27.3 Å². The molecule has 0 atom stereocenters. The standard InChI is InChI=1S/C20H25N3OS/c1-23(2)16-8-5-7-15(13-16)14-22-19(24)18-11-6-12-21-20(18)25-17-9-3-4-10-17/h5-8,11-13,17H,3-4,9-10,14H2,1-2H3,(H,22,24). The van der Waals surface area contributed by atoms with Crippen molar-refractivity contribution in [3.63, 3.8) is 0 Å². The molecule has 1 aromatic heterocycles. The molecule has 4 nitrogen and oxygen atoms in total. The topological polar surface area (TPSA) is 45.2 Å². The zero-order valence-electron chi connectivity index (χ0n) is 14.9. The van der Waals surface area contributed by atoms with Crippen molar-refractivity contribution >= 4 is 23.4 Å². The lowest BCUT2D eigenvalue weighted by atomic mass is 10.2. The third-order valence-corrected chi connectivity index (χ3v) is 5.83. The summed E-state index contributed by atoms with van der Waals surface area (Å²) < 4.78 is 0. The number of carbonyl (C=O) groups excluding carboxylic acids is 1. The highest BCUT2D eigenvalue weighted by Gasteiger charge is 2.20. The fourth-order valence-electron chi connectivity index (χ4n) is 3.04. The molecule has 0 radical (unpaired) electrons. The van der Waals surface area contributed by atoms with E-state index in [1.54, 1.807) is 18.0 Å². The molecule has 0 aliphatic heterocycles. The molecule has 132 valence electrons. The van der Waals surface area contributed by atoms with Crippen molar-refractivity contribution in [3.05, 3.63) is 53.7 Å². The Hall–Kier alpha value is -2.01. The molecule has 1 aromatic carbocycles. The maximum absolute atomic E-state index is 12.7. The minimum atomic E-state index is -0.0520. The smallest absolute Gasteiger partial charge is 0.254 e. The lowest BCUT2D eigenvalue weighted by Crippen LogP contribution is -2.24. The van der Waals surface area contributed by atoms with Gasteiger partial charge in [-0.2, -0.15) is 0 Å². The first-order valence-corrected chi connectivity index (χ1v) is 9.67. The fraction of sp³-hybridized carbons (Fsp3) is 0.400. The number of nitrogens with zero attached hydrogens (tertiary/aromatic N) is 2. The first-order chi connectivity index (χ1) is 12.1. The number of aromatic nitrogens is 1. The van der Waals surface area contributed by atoms with Crippen LogP contribution in [0.5, 0.6) is 0 Å². The number of thioether (sulfide) groups is 1. The first-order valence-electron chi connectivity index (χ1n) is 8.79. The molecule has 5 heteroatoms. The lowest BCUT2D eigenvalue weighted by molar-refractivity contribution is 0.0947. The van der Waals surface area contributed by atoms with Crippen LogP contribution in [0.1, 0.15) is 41.6 Å². The Morgan fingerprint density at radius 3 is 2.80 bits per heavy atom. The number of nitrogens with one attached hydrogen (secondary N) is 1. The van der Waals surface area contributed by atoms with Crippen LogP contribution in [0.15, 0.2) is 47.6 Å². The third-order valence-electron chi connectivity index (χ3n) is 4.48. The minimum Gasteiger partial charge on any atom is -0.378 e. The summed E-state index contributed by atoms with van der Waals surface area (Å²) in [6, 6.07) is 11.9. The summed E-state index contributed by atoms with van der Waals surface area (Å²) in [7, 11) is 4.03. The summed E-state index contributed by atoms with van der Waals surface area (Å²) in [6.45, 7) is 0.517. The zero-order chi connectivity index (χ0) is 17.6. The molecule has 0 spiro atoms. The van der Waals surface area contributed by atoms with Crippen LogP contribution in [0.25, 0.3) is 0 Å². The van der Waals surface area contributed by atoms with Crippen molar-refractivity contribution in [1.82, 2.24) is 10.3 Å². The van der Waals surface area contributed by atoms with Crippen LogP contribution in [0, 0.1) is 0 Å². The largest absolute Gasteiger partial charge is 0.378 e. The zero-order valence-corrected chi connectivity index (χ0v) is 15.7. The number of amides is 1. The van der Waals surface area contributed by atoms with Gasteiger partial charge in [-0.25, -0.2) is 4.98 Å². The van der Waals surface area contributed by atoms with Crippen molar-refractivity contribution in [2.75, 3.05) is 19.0 Å². The van der Waals surface area contributed by atoms with Crippen LogP contribution in [-0.4, -0.2) is 30.2 Å². The highest BCUT2D eigenvalue weighted by Crippen LogP contribution is 2.35. The third kappa shape index (κ3) is 4.75. The minimum absolute atomic E-state index is 0.0520. The molecule has 0 bridgehead atoms. The van der Waals surface area contributed by atoms with E-state index in [1.165, 1.54) is 25.7 Å². The average molecular weight is 356 g/mol. The molecule has 2 aromatic rings. The SMILES string of the molecule is CN(C)c1cccc(CNC(=O)c2cccnc2SC2CCCC2)c1. The molecular formula is C20H25N3OS. The van der Waals surface area contributed by atoms with Gasteiger partial charge < -0.3 is 10.2 Å². The van der Waals surface area contributed by atoms with E-state index in [4.69, 9.17) is 0 Å². The van der Waals surface area contributed by atoms with Crippen molar-refractivity contribution in [2.24, 2.45) is 0 Å². The number of carbonyl (C=O) groups is 1. The van der Waals surface area contributed by atoms with Gasteiger partial charge in [-0.15, -0.1) is 11.8 Å². The molecule has 1 N–H and O–H groups in total. The molecule has 0 saturated heterocycles. The van der Waals surface area contributed by atoms with Gasteiger partial charge in [0, 0.05) is 37.8 Å². The van der Waals surface area contributed by atoms with Crippen LogP contribution in [0.4, 0.5) is 5.69 Å². The number of hydrogen-bond acceptors (Lipinski definition) is 4. The van der Waals surface area contributed by atoms with Crippen molar-refractivity contribution in [2.45, 2.75) is 42.5 Å². The normalized spacial score (nSPS) is 14.5. The summed E-state index contributed by atoms with van der Waals surface area (Å²) in [5.41, 5.74) is 2.90. The Morgan fingerprint density at radius 1 is 1.24 bits per heavy atom. The predicted octanol–water partition coefficient (Wildman–Crippen LogP) is 4.11. The molecule has 1 aliphatic rings. The second-order valence-corrected chi connectivity index (χ2v) is 7.92. The van der Waals surface area contributed by atoms with Gasteiger partial charge in [-0.3, -0.25) is 4.79 Å². The molecular weight excluding hydrogens is 330 g/mol. The molecule has 1 saturated carbocycles. The molecule has 1 aliphatic carbocycles. The number of hydrogen-bond donors (Lipinski definition) is 1. The number of anilines is 1. The maximum Gasteiger partial charge on any atom is 0.254 e. The maximum atomic E-state index is 12.7. The Labute approximate surface area is 154 Å². The fourth-order valence-corrected chi connectivity index (χ4v) is 4.34. The van der Waals surface area contributed by atoms with Gasteiger partial charge in [-0.1, -0.05) is 25.0 Å². The van der Waals surface area contributed by atoms with Crippen molar-refractivity contribution in [3.8, 4) is 0 Å². The Balaban J connectivity index is 1.66. The average Bonchev–Trinajstić information content (AvgIpc) is 3.13. The monoisotopic (exact) mass is 355 g/mol. The number of rotatable bonds is 6. The summed E-state index contributed by atoms with van der Waals surface area (Å²) in [4.78, 5) is 19.2. The van der Waals surface area contributed by atoms with E-state index in [1.807, 2.05) is 38.4 Å². The summed E-state index contributed by atoms with van der Waals surface area (Å²) in [5, 5.41) is 4.49. The Morgan fingerprint density at radius 2 is 2.04 bits per heavy atom. The van der Waals surface area contributed by atoms with Crippen LogP contribution < -0.4 is 10.2 Å². The summed E-state index contributed by atoms with van der Waals surface area (Å²) in [5.74, 6) is -0.0520. The molecule has 25 heavy (non-hydrogen) atoms. The van der Waals surface area contributed by atoms with Crippen molar-refractivity contribution < 1.29 is 4.79 Å². The molecule has 0 unspecified atom stereocenters. The van der Waals surface area contributed by atoms with Gasteiger partial charge in [0.05, 0.1) is 5.56 Å². The second-order valence-electron chi connectivity index (χ2n) is 6.63. The van der Waals surface area contributed by atoms with Crippen LogP contribution in [0.2, 0.25) is 0 Å². The van der Waals surface area contributed by atoms with Gasteiger partial charge >= 0.3 is 0 Å². The number of pyridine rings is 1. The molecule has 3 rings (SSSR count). The van der Waals surface area contributed by atoms with Gasteiger partial charge in [-0.05, 0) is 42.7 Å². The van der Waals surface area contributed by atoms with E-state index in [-0.39, 0.29) is 5.91 Å². The second kappa shape index (κ2) is 8.39. The lowest BCUT2D eigenvalue weighted by Gasteiger charge is -2.14. The van der Waals surface area contributed by atoms with Gasteiger partial charge in [0.2, 0.25) is 0 Å². The van der Waals surface area contributed by atoms with E-state index in [0.29, 0.717) is 17.4 Å². The Kier molecular flexibility index (Phi) is 5.97. The van der Waals surface area contributed by atoms with Gasteiger partial charge in [0.15, 0.2) is 0 Å². The molecule has 1 fully saturated rings.